The van der Waals surface area contributed by atoms with Crippen molar-refractivity contribution >= 4 is 46.4 Å². The zero-order chi connectivity index (χ0) is 24.4. The molecule has 0 aromatic heterocycles. The van der Waals surface area contributed by atoms with Gasteiger partial charge in [0.2, 0.25) is 0 Å². The van der Waals surface area contributed by atoms with E-state index in [0.29, 0.717) is 28.4 Å². The van der Waals surface area contributed by atoms with Crippen molar-refractivity contribution in [1.82, 2.24) is 0 Å². The minimum absolute atomic E-state index is 0.0439. The molecule has 3 amide bonds. The third-order valence-corrected chi connectivity index (χ3v) is 5.78. The van der Waals surface area contributed by atoms with E-state index >= 15 is 0 Å². The van der Waals surface area contributed by atoms with Gasteiger partial charge in [0.1, 0.15) is 16.5 Å². The van der Waals surface area contributed by atoms with Gasteiger partial charge < -0.3 is 15.4 Å². The molecule has 172 valence electrons. The third-order valence-electron chi connectivity index (χ3n) is 5.43. The van der Waals surface area contributed by atoms with Crippen LogP contribution in [0, 0.1) is 13.8 Å². The van der Waals surface area contributed by atoms with Crippen LogP contribution in [0.25, 0.3) is 0 Å². The summed E-state index contributed by atoms with van der Waals surface area (Å²) >= 11 is 6.26. The number of rotatable bonds is 6. The standard InChI is InChI=1S/C26H22ClN3O4/c1-15-8-12-18(13-9-15)30-25(32)22(27)23(26(30)33)28-20-14-17(11-10-16(20)2)24(31)29-19-6-4-5-7-21(19)34-3/h4-14,28H,1-3H3,(H,29,31). The predicted molar refractivity (Wildman–Crippen MR) is 132 cm³/mol. The molecule has 1 aliphatic heterocycles. The second kappa shape index (κ2) is 9.41. The largest absolute Gasteiger partial charge is 0.495 e. The van der Waals surface area contributed by atoms with Gasteiger partial charge in [0.15, 0.2) is 0 Å². The highest BCUT2D eigenvalue weighted by Gasteiger charge is 2.39. The summed E-state index contributed by atoms with van der Waals surface area (Å²) in [5.41, 5.74) is 3.51. The van der Waals surface area contributed by atoms with Crippen LogP contribution in [-0.2, 0) is 9.59 Å². The average Bonchev–Trinajstić information content (AvgIpc) is 3.04. The Morgan fingerprint density at radius 1 is 0.912 bits per heavy atom. The van der Waals surface area contributed by atoms with Crippen LogP contribution in [0.5, 0.6) is 5.75 Å². The number of carbonyl (C=O) groups excluding carboxylic acids is 3. The van der Waals surface area contributed by atoms with Gasteiger partial charge in [0.05, 0.1) is 18.5 Å². The maximum absolute atomic E-state index is 13.1. The van der Waals surface area contributed by atoms with Gasteiger partial charge >= 0.3 is 0 Å². The molecule has 8 heteroatoms. The van der Waals surface area contributed by atoms with E-state index < -0.39 is 11.8 Å². The highest BCUT2D eigenvalue weighted by Crippen LogP contribution is 2.31. The number of para-hydroxylation sites is 2. The minimum Gasteiger partial charge on any atom is -0.495 e. The summed E-state index contributed by atoms with van der Waals surface area (Å²) in [7, 11) is 1.52. The van der Waals surface area contributed by atoms with Crippen LogP contribution in [-0.4, -0.2) is 24.8 Å². The first-order valence-electron chi connectivity index (χ1n) is 10.5. The quantitative estimate of drug-likeness (QED) is 0.490. The van der Waals surface area contributed by atoms with Crippen molar-refractivity contribution in [3.05, 3.63) is 94.1 Å². The molecule has 34 heavy (non-hydrogen) atoms. The van der Waals surface area contributed by atoms with Crippen molar-refractivity contribution in [2.45, 2.75) is 13.8 Å². The Morgan fingerprint density at radius 2 is 1.62 bits per heavy atom. The zero-order valence-electron chi connectivity index (χ0n) is 18.8. The Balaban J connectivity index is 1.59. The number of aryl methyl sites for hydroxylation is 2. The van der Waals surface area contributed by atoms with Gasteiger partial charge in [-0.05, 0) is 55.8 Å². The molecule has 3 aromatic carbocycles. The Labute approximate surface area is 202 Å². The zero-order valence-corrected chi connectivity index (χ0v) is 19.6. The van der Waals surface area contributed by atoms with Crippen LogP contribution in [0.4, 0.5) is 17.1 Å². The lowest BCUT2D eigenvalue weighted by atomic mass is 10.1. The van der Waals surface area contributed by atoms with Crippen molar-refractivity contribution in [1.29, 1.82) is 0 Å². The van der Waals surface area contributed by atoms with Crippen LogP contribution in [0.15, 0.2) is 77.5 Å². The molecule has 0 fully saturated rings. The molecular weight excluding hydrogens is 454 g/mol. The van der Waals surface area contributed by atoms with E-state index in [9.17, 15) is 14.4 Å². The number of imide groups is 1. The number of methoxy groups -OCH3 is 1. The number of hydrogen-bond donors (Lipinski definition) is 2. The molecule has 0 bridgehead atoms. The Bertz CT molecular complexity index is 1330. The fraction of sp³-hybridized carbons (Fsp3) is 0.115. The Hall–Kier alpha value is -4.10. The smallest absolute Gasteiger partial charge is 0.283 e. The molecule has 7 nitrogen and oxygen atoms in total. The van der Waals surface area contributed by atoms with Crippen LogP contribution in [0.1, 0.15) is 21.5 Å². The predicted octanol–water partition coefficient (Wildman–Crippen LogP) is 5.00. The van der Waals surface area contributed by atoms with Crippen molar-refractivity contribution < 1.29 is 19.1 Å². The fourth-order valence-electron chi connectivity index (χ4n) is 3.51. The minimum atomic E-state index is -0.610. The molecular formula is C26H22ClN3O4. The SMILES string of the molecule is COc1ccccc1NC(=O)c1ccc(C)c(NC2=C(Cl)C(=O)N(c3ccc(C)cc3)C2=O)c1. The molecule has 1 aliphatic rings. The van der Waals surface area contributed by atoms with E-state index in [-0.39, 0.29) is 16.6 Å². The van der Waals surface area contributed by atoms with Crippen molar-refractivity contribution in [3.63, 3.8) is 0 Å². The van der Waals surface area contributed by atoms with Gasteiger partial charge in [0.25, 0.3) is 17.7 Å². The number of nitrogens with one attached hydrogen (secondary N) is 2. The van der Waals surface area contributed by atoms with Gasteiger partial charge in [-0.1, -0.05) is 47.5 Å². The number of amides is 3. The number of anilines is 3. The fourth-order valence-corrected chi connectivity index (χ4v) is 3.73. The van der Waals surface area contributed by atoms with Crippen molar-refractivity contribution in [2.75, 3.05) is 22.6 Å². The summed E-state index contributed by atoms with van der Waals surface area (Å²) in [6.07, 6.45) is 0. The topological polar surface area (TPSA) is 87.7 Å². The monoisotopic (exact) mass is 475 g/mol. The number of benzene rings is 3. The third kappa shape index (κ3) is 4.38. The van der Waals surface area contributed by atoms with Gasteiger partial charge in [0, 0.05) is 11.3 Å². The van der Waals surface area contributed by atoms with Crippen LogP contribution in [0.3, 0.4) is 0 Å². The van der Waals surface area contributed by atoms with Gasteiger partial charge in [-0.2, -0.15) is 0 Å². The van der Waals surface area contributed by atoms with Gasteiger partial charge in [-0.3, -0.25) is 14.4 Å². The number of hydrogen-bond acceptors (Lipinski definition) is 5. The molecule has 0 saturated carbocycles. The molecule has 4 rings (SSSR count). The van der Waals surface area contributed by atoms with E-state index in [1.54, 1.807) is 54.6 Å². The number of carbonyl (C=O) groups is 3. The van der Waals surface area contributed by atoms with Crippen molar-refractivity contribution in [2.24, 2.45) is 0 Å². The molecule has 0 spiro atoms. The van der Waals surface area contributed by atoms with E-state index in [4.69, 9.17) is 16.3 Å². The molecule has 0 saturated heterocycles. The summed E-state index contributed by atoms with van der Waals surface area (Å²) in [6.45, 7) is 3.73. The lowest BCUT2D eigenvalue weighted by Gasteiger charge is -2.16. The average molecular weight is 476 g/mol. The second-order valence-corrected chi connectivity index (χ2v) is 8.16. The molecule has 2 N–H and O–H groups in total. The molecule has 0 radical (unpaired) electrons. The van der Waals surface area contributed by atoms with Crippen molar-refractivity contribution in [3.8, 4) is 5.75 Å². The number of halogens is 1. The Morgan fingerprint density at radius 3 is 2.32 bits per heavy atom. The van der Waals surface area contributed by atoms with Gasteiger partial charge in [-0.15, -0.1) is 0 Å². The summed E-state index contributed by atoms with van der Waals surface area (Å²) < 4.78 is 5.28. The molecule has 0 atom stereocenters. The van der Waals surface area contributed by atoms with Crippen LogP contribution < -0.4 is 20.3 Å². The lowest BCUT2D eigenvalue weighted by molar-refractivity contribution is -0.120. The first kappa shape index (κ1) is 23.1. The van der Waals surface area contributed by atoms with E-state index in [1.165, 1.54) is 7.11 Å². The van der Waals surface area contributed by atoms with E-state index in [0.717, 1.165) is 16.0 Å². The first-order chi connectivity index (χ1) is 16.3. The number of nitrogens with zero attached hydrogens (tertiary/aromatic N) is 1. The molecule has 1 heterocycles. The second-order valence-electron chi connectivity index (χ2n) is 7.78. The molecule has 0 unspecified atom stereocenters. The highest BCUT2D eigenvalue weighted by atomic mass is 35.5. The molecule has 0 aliphatic carbocycles. The maximum atomic E-state index is 13.1. The van der Waals surface area contributed by atoms with Crippen LogP contribution >= 0.6 is 11.6 Å². The van der Waals surface area contributed by atoms with E-state index in [2.05, 4.69) is 10.6 Å². The summed E-state index contributed by atoms with van der Waals surface area (Å²) in [6, 6.07) is 19.1. The summed E-state index contributed by atoms with van der Waals surface area (Å²) in [5.74, 6) is -1.00. The van der Waals surface area contributed by atoms with Gasteiger partial charge in [-0.25, -0.2) is 4.90 Å². The van der Waals surface area contributed by atoms with Crippen LogP contribution in [0.2, 0.25) is 0 Å². The van der Waals surface area contributed by atoms with E-state index in [1.807, 2.05) is 26.0 Å². The summed E-state index contributed by atoms with van der Waals surface area (Å²) in [5, 5.41) is 5.57. The molecule has 3 aromatic rings. The normalized spacial score (nSPS) is 13.4. The maximum Gasteiger partial charge on any atom is 0.283 e. The highest BCUT2D eigenvalue weighted by molar-refractivity contribution is 6.53. The lowest BCUT2D eigenvalue weighted by Crippen LogP contribution is -2.32. The number of ether oxygens (including phenoxy) is 1. The first-order valence-corrected chi connectivity index (χ1v) is 10.8. The summed E-state index contributed by atoms with van der Waals surface area (Å²) in [4.78, 5) is 39.7. The Kier molecular flexibility index (Phi) is 6.38.